The monoisotopic (exact) mass is 881 g/mol. The fourth-order valence-electron chi connectivity index (χ4n) is 7.69. The smallest absolute Gasteiger partial charge is 0.173 e. The SMILES string of the molecule is O=P(c1ccccc1)(c1ccccc1)c1ccc(-c2ccc(N(c3ccccc3)c3ccccc3)cc2)c2nc3c4ccc(Br)nc4c4nc(Br)ccc4c3nc12. The second kappa shape index (κ2) is 14.5. The third-order valence-corrected chi connectivity index (χ3v) is 14.3. The maximum absolute atomic E-state index is 16.1. The van der Waals surface area contributed by atoms with Crippen LogP contribution in [-0.2, 0) is 4.57 Å². The van der Waals surface area contributed by atoms with E-state index in [0.29, 0.717) is 47.6 Å². The number of halogens is 2. The van der Waals surface area contributed by atoms with Gasteiger partial charge in [-0.15, -0.1) is 0 Å². The van der Waals surface area contributed by atoms with Gasteiger partial charge in [0.05, 0.1) is 16.6 Å². The topological polar surface area (TPSA) is 71.9 Å². The molecule has 57 heavy (non-hydrogen) atoms. The highest BCUT2D eigenvalue weighted by Gasteiger charge is 2.33. The maximum atomic E-state index is 16.1. The fraction of sp³-hybridized carbons (Fsp3) is 0. The van der Waals surface area contributed by atoms with Crippen LogP contribution in [0.3, 0.4) is 0 Å². The van der Waals surface area contributed by atoms with Crippen molar-refractivity contribution in [1.29, 1.82) is 0 Å². The molecule has 9 heteroatoms. The van der Waals surface area contributed by atoms with Crippen LogP contribution in [-0.4, -0.2) is 19.9 Å². The summed E-state index contributed by atoms with van der Waals surface area (Å²) >= 11 is 7.16. The van der Waals surface area contributed by atoms with Gasteiger partial charge in [-0.3, -0.25) is 0 Å². The van der Waals surface area contributed by atoms with Gasteiger partial charge in [-0.1, -0.05) is 115 Å². The Kier molecular flexibility index (Phi) is 8.98. The first-order valence-corrected chi connectivity index (χ1v) is 21.7. The van der Waals surface area contributed by atoms with Crippen molar-refractivity contribution < 1.29 is 4.57 Å². The molecule has 0 aliphatic heterocycles. The van der Waals surface area contributed by atoms with E-state index in [0.717, 1.165) is 49.6 Å². The average Bonchev–Trinajstić information content (AvgIpc) is 3.27. The van der Waals surface area contributed by atoms with Crippen LogP contribution in [0.1, 0.15) is 0 Å². The molecule has 0 amide bonds. The molecule has 0 unspecified atom stereocenters. The maximum Gasteiger partial charge on any atom is 0.173 e. The van der Waals surface area contributed by atoms with Crippen LogP contribution in [0, 0.1) is 0 Å². The minimum absolute atomic E-state index is 0.573. The summed E-state index contributed by atoms with van der Waals surface area (Å²) in [5, 5.41) is 3.69. The number of fused-ring (bicyclic) bond motifs is 7. The molecule has 0 fully saturated rings. The highest BCUT2D eigenvalue weighted by Crippen LogP contribution is 2.46. The van der Waals surface area contributed by atoms with Crippen LogP contribution in [0.4, 0.5) is 17.1 Å². The van der Waals surface area contributed by atoms with Crippen molar-refractivity contribution in [3.05, 3.63) is 191 Å². The molecule has 0 saturated carbocycles. The Bertz CT molecular complexity index is 3090. The summed E-state index contributed by atoms with van der Waals surface area (Å²) in [5.74, 6) is 0. The molecule has 272 valence electrons. The van der Waals surface area contributed by atoms with E-state index in [4.69, 9.17) is 19.9 Å². The summed E-state index contributed by atoms with van der Waals surface area (Å²) < 4.78 is 17.4. The lowest BCUT2D eigenvalue weighted by Crippen LogP contribution is -2.26. The molecular weight excluding hydrogens is 853 g/mol. The van der Waals surface area contributed by atoms with Gasteiger partial charge in [-0.25, -0.2) is 19.9 Å². The van der Waals surface area contributed by atoms with Gasteiger partial charge in [0, 0.05) is 49.3 Å². The molecule has 0 saturated heterocycles. The minimum Gasteiger partial charge on any atom is -0.311 e. The van der Waals surface area contributed by atoms with E-state index in [1.807, 2.05) is 103 Å². The fourth-order valence-corrected chi connectivity index (χ4v) is 11.1. The van der Waals surface area contributed by atoms with Crippen molar-refractivity contribution in [3.63, 3.8) is 0 Å². The van der Waals surface area contributed by atoms with Crippen LogP contribution < -0.4 is 20.8 Å². The minimum atomic E-state index is -3.47. The van der Waals surface area contributed by atoms with Gasteiger partial charge in [-0.05, 0) is 104 Å². The Morgan fingerprint density at radius 2 is 0.807 bits per heavy atom. The Morgan fingerprint density at radius 1 is 0.386 bits per heavy atom. The number of rotatable bonds is 7. The zero-order valence-electron chi connectivity index (χ0n) is 30.2. The predicted octanol–water partition coefficient (Wildman–Crippen LogP) is 12.2. The number of para-hydroxylation sites is 2. The number of benzene rings is 7. The first-order valence-electron chi connectivity index (χ1n) is 18.4. The van der Waals surface area contributed by atoms with Crippen molar-refractivity contribution in [2.45, 2.75) is 0 Å². The summed E-state index contributed by atoms with van der Waals surface area (Å²) in [6, 6.07) is 60.5. The lowest BCUT2D eigenvalue weighted by molar-refractivity contribution is 0.592. The van der Waals surface area contributed by atoms with Crippen molar-refractivity contribution in [2.75, 3.05) is 4.90 Å². The predicted molar refractivity (Wildman–Crippen MR) is 243 cm³/mol. The standard InChI is InChI=1S/C48H30Br2N5OP/c49-41-29-26-38-44(51-41)45-39(27-30-42(50)52-45)47-46(38)53-43-37(31-21-23-34(24-22-31)55(32-13-5-1-6-14-32)33-15-7-2-8-16-33)25-28-40(48(43)54-47)57(56,35-17-9-3-10-18-35)36-19-11-4-12-20-36/h1-30H. The Balaban J connectivity index is 1.27. The van der Waals surface area contributed by atoms with Crippen LogP contribution in [0.2, 0.25) is 0 Å². The first kappa shape index (κ1) is 35.4. The lowest BCUT2D eigenvalue weighted by atomic mass is 10.0. The van der Waals surface area contributed by atoms with E-state index in [1.165, 1.54) is 0 Å². The third-order valence-electron chi connectivity index (χ3n) is 10.3. The molecule has 0 bridgehead atoms. The molecule has 6 nitrogen and oxygen atoms in total. The largest absolute Gasteiger partial charge is 0.311 e. The molecule has 0 atom stereocenters. The van der Waals surface area contributed by atoms with Crippen LogP contribution in [0.5, 0.6) is 0 Å². The average molecular weight is 884 g/mol. The quantitative estimate of drug-likeness (QED) is 0.0687. The van der Waals surface area contributed by atoms with Gasteiger partial charge in [0.15, 0.2) is 7.14 Å². The number of pyridine rings is 2. The molecule has 7 aromatic carbocycles. The number of nitrogens with zero attached hydrogens (tertiary/aromatic N) is 5. The highest BCUT2D eigenvalue weighted by atomic mass is 79.9. The van der Waals surface area contributed by atoms with E-state index in [2.05, 4.69) is 116 Å². The van der Waals surface area contributed by atoms with Gasteiger partial charge in [-0.2, -0.15) is 0 Å². The summed E-state index contributed by atoms with van der Waals surface area (Å²) in [6.45, 7) is 0. The Labute approximate surface area is 345 Å². The van der Waals surface area contributed by atoms with Crippen LogP contribution in [0.25, 0.3) is 55.0 Å². The van der Waals surface area contributed by atoms with Gasteiger partial charge in [0.1, 0.15) is 25.8 Å². The van der Waals surface area contributed by atoms with E-state index >= 15 is 4.57 Å². The van der Waals surface area contributed by atoms with E-state index in [1.54, 1.807) is 0 Å². The van der Waals surface area contributed by atoms with Crippen molar-refractivity contribution >= 4 is 116 Å². The highest BCUT2D eigenvalue weighted by molar-refractivity contribution is 9.10. The van der Waals surface area contributed by atoms with E-state index in [-0.39, 0.29) is 0 Å². The van der Waals surface area contributed by atoms with Gasteiger partial charge in [0.2, 0.25) is 0 Å². The van der Waals surface area contributed by atoms with Crippen molar-refractivity contribution in [1.82, 2.24) is 19.9 Å². The van der Waals surface area contributed by atoms with Crippen molar-refractivity contribution in [3.8, 4) is 11.1 Å². The van der Waals surface area contributed by atoms with Crippen LogP contribution >= 0.6 is 39.0 Å². The molecule has 0 aliphatic rings. The van der Waals surface area contributed by atoms with Gasteiger partial charge in [0.25, 0.3) is 0 Å². The molecule has 10 rings (SSSR count). The molecule has 10 aromatic rings. The zero-order valence-corrected chi connectivity index (χ0v) is 34.2. The van der Waals surface area contributed by atoms with Gasteiger partial charge < -0.3 is 9.46 Å². The Morgan fingerprint density at radius 3 is 1.30 bits per heavy atom. The first-order chi connectivity index (χ1) is 28.0. The number of aromatic nitrogens is 4. The molecular formula is C48H30Br2N5OP. The van der Waals surface area contributed by atoms with E-state index < -0.39 is 7.14 Å². The summed E-state index contributed by atoms with van der Waals surface area (Å²) in [6.07, 6.45) is 0. The zero-order chi connectivity index (χ0) is 38.5. The molecule has 0 spiro atoms. The summed E-state index contributed by atoms with van der Waals surface area (Å²) in [7, 11) is -3.47. The molecule has 3 aromatic heterocycles. The molecule has 0 radical (unpaired) electrons. The van der Waals surface area contributed by atoms with Gasteiger partial charge >= 0.3 is 0 Å². The number of anilines is 3. The van der Waals surface area contributed by atoms with Crippen molar-refractivity contribution in [2.24, 2.45) is 0 Å². The number of hydrogen-bond acceptors (Lipinski definition) is 6. The molecule has 0 N–H and O–H groups in total. The van der Waals surface area contributed by atoms with E-state index in [9.17, 15) is 0 Å². The Hall–Kier alpha value is -6.05. The third kappa shape index (κ3) is 6.12. The molecule has 0 aliphatic carbocycles. The summed E-state index contributed by atoms with van der Waals surface area (Å²) in [5.41, 5.74) is 8.95. The lowest BCUT2D eigenvalue weighted by Gasteiger charge is -2.25. The number of hydrogen-bond donors (Lipinski definition) is 0. The normalized spacial score (nSPS) is 11.8. The molecule has 3 heterocycles. The summed E-state index contributed by atoms with van der Waals surface area (Å²) in [4.78, 5) is 23.0. The van der Waals surface area contributed by atoms with Crippen LogP contribution in [0.15, 0.2) is 191 Å². The second-order valence-electron chi connectivity index (χ2n) is 13.6. The second-order valence-corrected chi connectivity index (χ2v) is 18.0.